The van der Waals surface area contributed by atoms with Crippen LogP contribution in [0, 0.1) is 5.92 Å². The molecule has 21 heavy (non-hydrogen) atoms. The number of pyridine rings is 1. The molecular weight excluding hydrogens is 264 g/mol. The standard InChI is InChI=1S/C16H20N4O/c1-11-5-6-13(8-11)18-16(21)15-9-14(19-20(15)2)12-4-3-7-17-10-12/h3-4,7,9-11,13H,5-6,8H2,1-2H3,(H,18,21). The first-order valence-corrected chi connectivity index (χ1v) is 7.39. The minimum Gasteiger partial charge on any atom is -0.348 e. The highest BCUT2D eigenvalue weighted by atomic mass is 16.2. The third kappa shape index (κ3) is 2.96. The third-order valence-corrected chi connectivity index (χ3v) is 4.10. The van der Waals surface area contributed by atoms with Crippen molar-refractivity contribution in [2.45, 2.75) is 32.2 Å². The highest BCUT2D eigenvalue weighted by Crippen LogP contribution is 2.25. The Labute approximate surface area is 124 Å². The van der Waals surface area contributed by atoms with Crippen molar-refractivity contribution in [1.82, 2.24) is 20.1 Å². The van der Waals surface area contributed by atoms with Gasteiger partial charge in [0, 0.05) is 31.0 Å². The molecular formula is C16H20N4O. The second-order valence-corrected chi connectivity index (χ2v) is 5.87. The molecule has 0 saturated heterocycles. The highest BCUT2D eigenvalue weighted by Gasteiger charge is 2.24. The van der Waals surface area contributed by atoms with Gasteiger partial charge in [0.1, 0.15) is 5.69 Å². The van der Waals surface area contributed by atoms with Gasteiger partial charge in [-0.1, -0.05) is 6.92 Å². The van der Waals surface area contributed by atoms with E-state index in [2.05, 4.69) is 22.3 Å². The fourth-order valence-corrected chi connectivity index (χ4v) is 2.93. The van der Waals surface area contributed by atoms with Gasteiger partial charge in [-0.3, -0.25) is 14.5 Å². The molecule has 2 heterocycles. The third-order valence-electron chi connectivity index (χ3n) is 4.10. The monoisotopic (exact) mass is 284 g/mol. The number of rotatable bonds is 3. The van der Waals surface area contributed by atoms with Crippen molar-refractivity contribution in [3.05, 3.63) is 36.3 Å². The second kappa shape index (κ2) is 5.68. The molecule has 0 spiro atoms. The summed E-state index contributed by atoms with van der Waals surface area (Å²) in [5, 5.41) is 7.52. The van der Waals surface area contributed by atoms with Crippen LogP contribution in [-0.2, 0) is 7.05 Å². The molecule has 1 saturated carbocycles. The first kappa shape index (κ1) is 13.8. The van der Waals surface area contributed by atoms with Crippen LogP contribution in [0.4, 0.5) is 0 Å². The Hall–Kier alpha value is -2.17. The Morgan fingerprint density at radius 3 is 2.95 bits per heavy atom. The van der Waals surface area contributed by atoms with E-state index in [0.717, 1.165) is 24.1 Å². The van der Waals surface area contributed by atoms with Gasteiger partial charge >= 0.3 is 0 Å². The van der Waals surface area contributed by atoms with Gasteiger partial charge in [-0.05, 0) is 43.4 Å². The van der Waals surface area contributed by atoms with Crippen LogP contribution < -0.4 is 5.32 Å². The SMILES string of the molecule is CC1CCC(NC(=O)c2cc(-c3cccnc3)nn2C)C1. The van der Waals surface area contributed by atoms with Crippen molar-refractivity contribution in [3.8, 4) is 11.3 Å². The zero-order valence-corrected chi connectivity index (χ0v) is 12.4. The van der Waals surface area contributed by atoms with Crippen molar-refractivity contribution in [3.63, 3.8) is 0 Å². The number of nitrogens with zero attached hydrogens (tertiary/aromatic N) is 3. The molecule has 2 atom stereocenters. The lowest BCUT2D eigenvalue weighted by Crippen LogP contribution is -2.34. The van der Waals surface area contributed by atoms with Gasteiger partial charge in [-0.15, -0.1) is 0 Å². The van der Waals surface area contributed by atoms with E-state index >= 15 is 0 Å². The van der Waals surface area contributed by atoms with E-state index in [4.69, 9.17) is 0 Å². The molecule has 1 aliphatic rings. The van der Waals surface area contributed by atoms with Gasteiger partial charge in [0.05, 0.1) is 5.69 Å². The van der Waals surface area contributed by atoms with Gasteiger partial charge in [0.25, 0.3) is 5.91 Å². The molecule has 5 nitrogen and oxygen atoms in total. The van der Waals surface area contributed by atoms with Gasteiger partial charge in [-0.25, -0.2) is 0 Å². The summed E-state index contributed by atoms with van der Waals surface area (Å²) in [6, 6.07) is 5.92. The number of aryl methyl sites for hydroxylation is 1. The van der Waals surface area contributed by atoms with Crippen molar-refractivity contribution < 1.29 is 4.79 Å². The van der Waals surface area contributed by atoms with Crippen molar-refractivity contribution >= 4 is 5.91 Å². The molecule has 2 unspecified atom stereocenters. The number of carbonyl (C=O) groups excluding carboxylic acids is 1. The van der Waals surface area contributed by atoms with Crippen molar-refractivity contribution in [1.29, 1.82) is 0 Å². The Morgan fingerprint density at radius 2 is 2.29 bits per heavy atom. The average Bonchev–Trinajstić information content (AvgIpc) is 3.06. The Balaban J connectivity index is 1.76. The van der Waals surface area contributed by atoms with Crippen LogP contribution in [0.5, 0.6) is 0 Å². The minimum absolute atomic E-state index is 0.0424. The Morgan fingerprint density at radius 1 is 1.43 bits per heavy atom. The molecule has 1 aliphatic carbocycles. The van der Waals surface area contributed by atoms with Gasteiger partial charge in [0.2, 0.25) is 0 Å². The average molecular weight is 284 g/mol. The molecule has 0 aromatic carbocycles. The van der Waals surface area contributed by atoms with Crippen molar-refractivity contribution in [2.24, 2.45) is 13.0 Å². The highest BCUT2D eigenvalue weighted by molar-refractivity contribution is 5.93. The maximum atomic E-state index is 12.4. The summed E-state index contributed by atoms with van der Waals surface area (Å²) >= 11 is 0. The van der Waals surface area contributed by atoms with Gasteiger partial charge in [0.15, 0.2) is 0 Å². The van der Waals surface area contributed by atoms with E-state index in [9.17, 15) is 4.79 Å². The number of aromatic nitrogens is 3. The minimum atomic E-state index is -0.0424. The molecule has 2 aromatic heterocycles. The van der Waals surface area contributed by atoms with E-state index in [-0.39, 0.29) is 5.91 Å². The van der Waals surface area contributed by atoms with E-state index in [1.165, 1.54) is 6.42 Å². The maximum Gasteiger partial charge on any atom is 0.269 e. The van der Waals surface area contributed by atoms with Crippen LogP contribution in [0.3, 0.4) is 0 Å². The van der Waals surface area contributed by atoms with Crippen molar-refractivity contribution in [2.75, 3.05) is 0 Å². The fraction of sp³-hybridized carbons (Fsp3) is 0.438. The molecule has 1 fully saturated rings. The Bertz CT molecular complexity index is 635. The second-order valence-electron chi connectivity index (χ2n) is 5.87. The van der Waals surface area contributed by atoms with Crippen LogP contribution in [0.25, 0.3) is 11.3 Å². The summed E-state index contributed by atoms with van der Waals surface area (Å²) in [6.45, 7) is 2.23. The maximum absolute atomic E-state index is 12.4. The molecule has 1 amide bonds. The lowest BCUT2D eigenvalue weighted by Gasteiger charge is -2.12. The summed E-state index contributed by atoms with van der Waals surface area (Å²) in [5.74, 6) is 0.659. The molecule has 0 aliphatic heterocycles. The number of carbonyl (C=O) groups is 1. The molecule has 1 N–H and O–H groups in total. The normalized spacial score (nSPS) is 21.4. The Kier molecular flexibility index (Phi) is 3.73. The predicted octanol–water partition coefficient (Wildman–Crippen LogP) is 2.40. The van der Waals surface area contributed by atoms with E-state index < -0.39 is 0 Å². The summed E-state index contributed by atoms with van der Waals surface area (Å²) in [4.78, 5) is 16.5. The van der Waals surface area contributed by atoms with Gasteiger partial charge < -0.3 is 5.32 Å². The first-order valence-electron chi connectivity index (χ1n) is 7.39. The van der Waals surface area contributed by atoms with Crippen LogP contribution in [0.15, 0.2) is 30.6 Å². The summed E-state index contributed by atoms with van der Waals surface area (Å²) in [6.07, 6.45) is 6.81. The zero-order chi connectivity index (χ0) is 14.8. The van der Waals surface area contributed by atoms with Crippen LogP contribution in [0.1, 0.15) is 36.7 Å². The quantitative estimate of drug-likeness (QED) is 0.941. The molecule has 0 bridgehead atoms. The van der Waals surface area contributed by atoms with Gasteiger partial charge in [-0.2, -0.15) is 5.10 Å². The topological polar surface area (TPSA) is 59.8 Å². The summed E-state index contributed by atoms with van der Waals surface area (Å²) in [5.41, 5.74) is 2.28. The van der Waals surface area contributed by atoms with Crippen LogP contribution >= 0.6 is 0 Å². The molecule has 0 radical (unpaired) electrons. The summed E-state index contributed by atoms with van der Waals surface area (Å²) < 4.78 is 1.63. The molecule has 2 aromatic rings. The number of amides is 1. The smallest absolute Gasteiger partial charge is 0.269 e. The van der Waals surface area contributed by atoms with E-state index in [1.54, 1.807) is 24.1 Å². The summed E-state index contributed by atoms with van der Waals surface area (Å²) in [7, 11) is 1.80. The predicted molar refractivity (Wildman–Crippen MR) is 80.7 cm³/mol. The molecule has 5 heteroatoms. The number of hydrogen-bond donors (Lipinski definition) is 1. The largest absolute Gasteiger partial charge is 0.348 e. The number of nitrogens with one attached hydrogen (secondary N) is 1. The molecule has 110 valence electrons. The van der Waals surface area contributed by atoms with E-state index in [1.807, 2.05) is 18.2 Å². The van der Waals surface area contributed by atoms with E-state index in [0.29, 0.717) is 17.7 Å². The first-order chi connectivity index (χ1) is 10.1. The van der Waals surface area contributed by atoms with Crippen LogP contribution in [-0.4, -0.2) is 26.7 Å². The van der Waals surface area contributed by atoms with Crippen LogP contribution in [0.2, 0.25) is 0 Å². The number of hydrogen-bond acceptors (Lipinski definition) is 3. The molecule has 3 rings (SSSR count). The zero-order valence-electron chi connectivity index (χ0n) is 12.4. The lowest BCUT2D eigenvalue weighted by molar-refractivity contribution is 0.0928. The lowest BCUT2D eigenvalue weighted by atomic mass is 10.1. The fourth-order valence-electron chi connectivity index (χ4n) is 2.93.